The fraction of sp³-hybridized carbons (Fsp3) is 0.393. The van der Waals surface area contributed by atoms with Gasteiger partial charge in [0.25, 0.3) is 0 Å². The van der Waals surface area contributed by atoms with Crippen LogP contribution in [-0.2, 0) is 33.8 Å². The highest BCUT2D eigenvalue weighted by atomic mass is 32.2. The first kappa shape index (κ1) is 50.8. The van der Waals surface area contributed by atoms with Crippen molar-refractivity contribution in [1.29, 1.82) is 0 Å². The summed E-state index contributed by atoms with van der Waals surface area (Å²) in [5.41, 5.74) is 7.40. The van der Waals surface area contributed by atoms with E-state index in [0.29, 0.717) is 85.9 Å². The van der Waals surface area contributed by atoms with Crippen LogP contribution in [0.2, 0.25) is 0 Å². The summed E-state index contributed by atoms with van der Waals surface area (Å²) in [5, 5.41) is -0.0246. The summed E-state index contributed by atoms with van der Waals surface area (Å²) in [4.78, 5) is 63.6. The summed E-state index contributed by atoms with van der Waals surface area (Å²) in [6.45, 7) is 10.3. The lowest BCUT2D eigenvalue weighted by molar-refractivity contribution is 0.0661. The van der Waals surface area contributed by atoms with E-state index in [0.717, 1.165) is 59.8 Å². The van der Waals surface area contributed by atoms with Crippen molar-refractivity contribution in [1.82, 2.24) is 9.80 Å². The van der Waals surface area contributed by atoms with Gasteiger partial charge in [-0.3, -0.25) is 29.0 Å². The molecule has 2 saturated heterocycles. The molecule has 12 heteroatoms. The van der Waals surface area contributed by atoms with Gasteiger partial charge in [0.05, 0.1) is 37.5 Å². The molecule has 0 amide bonds. The molecule has 0 N–H and O–H groups in total. The van der Waals surface area contributed by atoms with Gasteiger partial charge in [-0.1, -0.05) is 110 Å². The molecule has 10 nitrogen and oxygen atoms in total. The minimum absolute atomic E-state index is 0.0123. The second-order valence-corrected chi connectivity index (χ2v) is 20.1. The minimum atomic E-state index is -0.735. The number of morpholine rings is 2. The molecular weight excluding hydrogens is 889 g/mol. The Morgan fingerprint density at radius 3 is 1.04 bits per heavy atom. The predicted molar refractivity (Wildman–Crippen MR) is 279 cm³/mol. The maximum Gasteiger partial charge on any atom is 0.219 e. The van der Waals surface area contributed by atoms with E-state index in [4.69, 9.17) is 9.47 Å². The summed E-state index contributed by atoms with van der Waals surface area (Å²) < 4.78 is 11.0. The Labute approximate surface area is 411 Å². The Morgan fingerprint density at radius 2 is 0.750 bits per heavy atom. The predicted octanol–water partition coefficient (Wildman–Crippen LogP) is 9.78. The summed E-state index contributed by atoms with van der Waals surface area (Å²) in [7, 11) is 7.86. The largest absolute Gasteiger partial charge is 0.378 e. The molecular formula is C56H66N4O6S2. The van der Waals surface area contributed by atoms with E-state index in [-0.39, 0.29) is 21.8 Å². The number of hydrogen-bond acceptors (Lipinski definition) is 12. The van der Waals surface area contributed by atoms with Gasteiger partial charge >= 0.3 is 0 Å². The molecule has 2 heterocycles. The summed E-state index contributed by atoms with van der Waals surface area (Å²) in [6, 6.07) is 39.3. The number of carbonyl (C=O) groups excluding carboxylic acids is 4. The van der Waals surface area contributed by atoms with E-state index < -0.39 is 11.1 Å². The van der Waals surface area contributed by atoms with Crippen LogP contribution in [0.4, 0.5) is 11.4 Å². The summed E-state index contributed by atoms with van der Waals surface area (Å²) >= 11 is 2.52. The number of ether oxygens (including phenoxy) is 2. The van der Waals surface area contributed by atoms with Gasteiger partial charge < -0.3 is 19.3 Å². The topological polar surface area (TPSA) is 99.7 Å². The first-order valence-electron chi connectivity index (χ1n) is 23.8. The second-order valence-electron chi connectivity index (χ2n) is 18.2. The Bertz CT molecular complexity index is 2290. The van der Waals surface area contributed by atoms with Gasteiger partial charge in [-0.05, 0) is 125 Å². The first-order chi connectivity index (χ1) is 32.8. The summed E-state index contributed by atoms with van der Waals surface area (Å²) in [5.74, 6) is 1.22. The number of Topliss-reactive ketones (excluding diaryl/α,β-unsaturated/α-hetero) is 2. The average Bonchev–Trinajstić information content (AvgIpc) is 3.38. The van der Waals surface area contributed by atoms with Crippen LogP contribution in [0.3, 0.4) is 0 Å². The Hall–Kier alpha value is -5.08. The highest BCUT2D eigenvalue weighted by Gasteiger charge is 2.41. The van der Waals surface area contributed by atoms with Crippen LogP contribution in [0.25, 0.3) is 0 Å². The molecule has 5 aromatic rings. The van der Waals surface area contributed by atoms with Crippen LogP contribution in [-0.4, -0.2) is 123 Å². The molecule has 7 rings (SSSR count). The van der Waals surface area contributed by atoms with Crippen molar-refractivity contribution in [2.75, 3.05) is 90.6 Å². The van der Waals surface area contributed by atoms with Crippen molar-refractivity contribution in [3.63, 3.8) is 0 Å². The van der Waals surface area contributed by atoms with Crippen molar-refractivity contribution in [2.45, 2.75) is 62.1 Å². The number of thioether (sulfide) groups is 2. The molecule has 2 fully saturated rings. The fourth-order valence-electron chi connectivity index (χ4n) is 9.30. The number of nitrogens with zero attached hydrogens (tertiary/aromatic N) is 4. The molecule has 0 saturated carbocycles. The van der Waals surface area contributed by atoms with Crippen molar-refractivity contribution >= 4 is 56.7 Å². The van der Waals surface area contributed by atoms with Crippen molar-refractivity contribution in [3.8, 4) is 0 Å². The molecule has 2 aliphatic rings. The van der Waals surface area contributed by atoms with Crippen LogP contribution in [0.5, 0.6) is 0 Å². The zero-order valence-corrected chi connectivity index (χ0v) is 42.1. The highest BCUT2D eigenvalue weighted by Crippen LogP contribution is 2.32. The molecule has 0 aromatic heterocycles. The molecule has 0 spiro atoms. The number of carbonyl (C=O) groups is 4. The SMILES string of the molecule is CCC(Cc1ccc(C(=O)SCc2ccc(CSC(=O)c3ccc(CC(CC)(C(=O)c4ccc(N5CCOCC5)cc4)N(C)C)cc3)cc2)cc1)(C(=O)c1ccc(N2CCOCC2)cc1)N(C)C. The first-order valence-corrected chi connectivity index (χ1v) is 25.7. The zero-order valence-electron chi connectivity index (χ0n) is 40.5. The average molecular weight is 955 g/mol. The molecule has 358 valence electrons. The van der Waals surface area contributed by atoms with Gasteiger partial charge in [0.2, 0.25) is 10.2 Å². The van der Waals surface area contributed by atoms with E-state index in [2.05, 4.69) is 23.6 Å². The smallest absolute Gasteiger partial charge is 0.219 e. The zero-order chi connectivity index (χ0) is 48.3. The lowest BCUT2D eigenvalue weighted by Crippen LogP contribution is -2.52. The van der Waals surface area contributed by atoms with Crippen LogP contribution >= 0.6 is 23.5 Å². The third-order valence-electron chi connectivity index (χ3n) is 13.9. The third-order valence-corrected chi connectivity index (χ3v) is 15.8. The van der Waals surface area contributed by atoms with Gasteiger partial charge in [-0.25, -0.2) is 0 Å². The van der Waals surface area contributed by atoms with Crippen molar-refractivity contribution in [2.24, 2.45) is 0 Å². The molecule has 0 bridgehead atoms. The summed E-state index contributed by atoms with van der Waals surface area (Å²) in [6.07, 6.45) is 2.33. The maximum absolute atomic E-state index is 14.2. The molecule has 0 radical (unpaired) electrons. The van der Waals surface area contributed by atoms with Gasteiger partial charge in [0, 0.05) is 71.3 Å². The maximum atomic E-state index is 14.2. The number of anilines is 2. The van der Waals surface area contributed by atoms with Crippen molar-refractivity contribution in [3.05, 3.63) is 166 Å². The van der Waals surface area contributed by atoms with Gasteiger partial charge in [0.1, 0.15) is 0 Å². The number of rotatable bonds is 20. The lowest BCUT2D eigenvalue weighted by atomic mass is 9.80. The molecule has 2 aliphatic heterocycles. The van der Waals surface area contributed by atoms with Gasteiger partial charge in [-0.2, -0.15) is 0 Å². The third kappa shape index (κ3) is 12.0. The van der Waals surface area contributed by atoms with Crippen LogP contribution in [0.1, 0.15) is 90.4 Å². The monoisotopic (exact) mass is 954 g/mol. The molecule has 0 aliphatic carbocycles. The Morgan fingerprint density at radius 1 is 0.456 bits per heavy atom. The highest BCUT2D eigenvalue weighted by molar-refractivity contribution is 8.13. The molecule has 2 unspecified atom stereocenters. The molecule has 68 heavy (non-hydrogen) atoms. The van der Waals surface area contributed by atoms with E-state index in [1.54, 1.807) is 0 Å². The van der Waals surface area contributed by atoms with Gasteiger partial charge in [0.15, 0.2) is 11.6 Å². The van der Waals surface area contributed by atoms with Crippen LogP contribution in [0, 0.1) is 0 Å². The Balaban J connectivity index is 0.883. The van der Waals surface area contributed by atoms with Crippen molar-refractivity contribution < 1.29 is 28.7 Å². The van der Waals surface area contributed by atoms with Crippen LogP contribution < -0.4 is 9.80 Å². The molecule has 2 atom stereocenters. The van der Waals surface area contributed by atoms with Crippen LogP contribution in [0.15, 0.2) is 121 Å². The molecule has 5 aromatic carbocycles. The number of benzene rings is 5. The standard InChI is InChI=1S/C56H66N4O6S2/c1-7-55(57(3)4,51(61)45-21-25-49(26-22-45)59-29-33-65-34-30-59)37-41-13-17-47(18-14-41)53(63)67-39-43-9-11-44(12-10-43)40-68-54(64)48-19-15-42(16-20-48)38-56(8-2,58(5)6)52(62)46-23-27-50(28-24-46)60-31-35-66-36-32-60/h9-28H,7-8,29-40H2,1-6H3. The van der Waals surface area contributed by atoms with Gasteiger partial charge in [-0.15, -0.1) is 0 Å². The quantitative estimate of drug-likeness (QED) is 0.0695. The van der Waals surface area contributed by atoms with E-state index in [9.17, 15) is 19.2 Å². The van der Waals surface area contributed by atoms with E-state index in [1.807, 2.05) is 159 Å². The fourth-order valence-corrected chi connectivity index (χ4v) is 10.9. The minimum Gasteiger partial charge on any atom is -0.378 e. The Kier molecular flexibility index (Phi) is 17.5. The normalized spacial score (nSPS) is 16.1. The lowest BCUT2D eigenvalue weighted by Gasteiger charge is -2.38. The number of ketones is 2. The second kappa shape index (κ2) is 23.5. The van der Waals surface area contributed by atoms with E-state index >= 15 is 0 Å². The number of likely N-dealkylation sites (N-methyl/N-ethyl adjacent to an activating group) is 2. The number of hydrogen-bond donors (Lipinski definition) is 0. The van der Waals surface area contributed by atoms with E-state index in [1.165, 1.54) is 23.5 Å².